The third kappa shape index (κ3) is 4.24. The van der Waals surface area contributed by atoms with Crippen LogP contribution >= 0.6 is 23.2 Å². The van der Waals surface area contributed by atoms with Crippen LogP contribution in [0.5, 0.6) is 0 Å². The molecule has 1 fully saturated rings. The average Bonchev–Trinajstić information content (AvgIpc) is 2.62. The smallest absolute Gasteiger partial charge is 0.254 e. The normalized spacial score (nSPS) is 15.8. The Morgan fingerprint density at radius 1 is 0.889 bits per heavy atom. The van der Waals surface area contributed by atoms with Crippen LogP contribution in [-0.2, 0) is 10.0 Å². The number of rotatable bonds is 3. The van der Waals surface area contributed by atoms with Gasteiger partial charge in [-0.15, -0.1) is 0 Å². The molecule has 10 heteroatoms. The average molecular weight is 435 g/mol. The van der Waals surface area contributed by atoms with Gasteiger partial charge in [-0.25, -0.2) is 17.2 Å². The van der Waals surface area contributed by atoms with Crippen LogP contribution in [0.3, 0.4) is 0 Å². The molecule has 1 saturated heterocycles. The zero-order valence-corrected chi connectivity index (χ0v) is 16.2. The van der Waals surface area contributed by atoms with Crippen LogP contribution < -0.4 is 0 Å². The Labute approximate surface area is 165 Å². The van der Waals surface area contributed by atoms with Crippen LogP contribution in [0.4, 0.5) is 8.78 Å². The minimum absolute atomic E-state index is 0.00359. The Hall–Kier alpha value is -1.74. The summed E-state index contributed by atoms with van der Waals surface area (Å²) in [4.78, 5) is 13.8. The summed E-state index contributed by atoms with van der Waals surface area (Å²) in [7, 11) is -3.80. The van der Waals surface area contributed by atoms with E-state index in [1.807, 2.05) is 0 Å². The second-order valence-corrected chi connectivity index (χ2v) is 8.68. The van der Waals surface area contributed by atoms with Gasteiger partial charge in [0.25, 0.3) is 5.91 Å². The Morgan fingerprint density at radius 3 is 2.04 bits per heavy atom. The topological polar surface area (TPSA) is 57.7 Å². The first-order valence-corrected chi connectivity index (χ1v) is 10.1. The molecule has 0 atom stereocenters. The second-order valence-electron chi connectivity index (χ2n) is 5.93. The van der Waals surface area contributed by atoms with Gasteiger partial charge in [0, 0.05) is 37.8 Å². The van der Waals surface area contributed by atoms with Crippen LogP contribution in [0.2, 0.25) is 10.0 Å². The molecule has 1 aliphatic rings. The number of hydrogen-bond donors (Lipinski definition) is 0. The molecule has 0 radical (unpaired) electrons. The van der Waals surface area contributed by atoms with Crippen molar-refractivity contribution in [2.24, 2.45) is 0 Å². The van der Waals surface area contributed by atoms with Gasteiger partial charge in [-0.3, -0.25) is 4.79 Å². The first kappa shape index (κ1) is 20.0. The number of halogens is 4. The van der Waals surface area contributed by atoms with E-state index in [9.17, 15) is 22.0 Å². The molecule has 1 amide bonds. The van der Waals surface area contributed by atoms with E-state index in [4.69, 9.17) is 23.2 Å². The van der Waals surface area contributed by atoms with Crippen LogP contribution in [0.15, 0.2) is 41.3 Å². The molecule has 0 unspecified atom stereocenters. The van der Waals surface area contributed by atoms with E-state index in [-0.39, 0.29) is 46.7 Å². The summed E-state index contributed by atoms with van der Waals surface area (Å²) in [6.45, 7) is 0.285. The highest BCUT2D eigenvalue weighted by molar-refractivity contribution is 7.89. The van der Waals surface area contributed by atoms with Crippen molar-refractivity contribution in [3.8, 4) is 0 Å². The van der Waals surface area contributed by atoms with E-state index in [1.165, 1.54) is 27.4 Å². The largest absolute Gasteiger partial charge is 0.336 e. The van der Waals surface area contributed by atoms with Crippen LogP contribution in [0, 0.1) is 11.6 Å². The number of piperazine rings is 1. The summed E-state index contributed by atoms with van der Waals surface area (Å²) in [5, 5.41) is 0.369. The van der Waals surface area contributed by atoms with Gasteiger partial charge in [0.1, 0.15) is 11.6 Å². The summed E-state index contributed by atoms with van der Waals surface area (Å²) < 4.78 is 53.2. The number of amides is 1. The molecule has 0 spiro atoms. The van der Waals surface area contributed by atoms with Gasteiger partial charge in [-0.1, -0.05) is 23.2 Å². The van der Waals surface area contributed by atoms with Gasteiger partial charge in [0.15, 0.2) is 0 Å². The van der Waals surface area contributed by atoms with Crippen LogP contribution in [0.25, 0.3) is 0 Å². The molecule has 2 aromatic carbocycles. The van der Waals surface area contributed by atoms with Crippen LogP contribution in [-0.4, -0.2) is 49.7 Å². The van der Waals surface area contributed by atoms with Crippen molar-refractivity contribution >= 4 is 39.1 Å². The van der Waals surface area contributed by atoms with E-state index in [1.54, 1.807) is 0 Å². The van der Waals surface area contributed by atoms with Gasteiger partial charge in [-0.05, 0) is 30.3 Å². The van der Waals surface area contributed by atoms with E-state index in [0.29, 0.717) is 6.07 Å². The molecular weight excluding hydrogens is 421 g/mol. The zero-order chi connectivity index (χ0) is 19.8. The minimum Gasteiger partial charge on any atom is -0.336 e. The molecule has 1 heterocycles. The number of hydrogen-bond acceptors (Lipinski definition) is 3. The second kappa shape index (κ2) is 7.71. The molecule has 0 N–H and O–H groups in total. The Balaban J connectivity index is 1.72. The van der Waals surface area contributed by atoms with Crippen molar-refractivity contribution in [1.82, 2.24) is 9.21 Å². The highest BCUT2D eigenvalue weighted by Gasteiger charge is 2.31. The van der Waals surface area contributed by atoms with Gasteiger partial charge < -0.3 is 4.90 Å². The molecule has 0 aliphatic carbocycles. The monoisotopic (exact) mass is 434 g/mol. The summed E-state index contributed by atoms with van der Waals surface area (Å²) in [5.41, 5.74) is -0.117. The zero-order valence-electron chi connectivity index (χ0n) is 13.8. The maximum atomic E-state index is 13.3. The lowest BCUT2D eigenvalue weighted by Crippen LogP contribution is -2.50. The number of carbonyl (C=O) groups is 1. The molecule has 1 aliphatic heterocycles. The standard InChI is InChI=1S/C17H14Cl2F2N2O3S/c18-15-2-1-14(10-16(15)19)27(25,26)23-5-3-22(4-6-23)17(24)11-7-12(20)9-13(21)8-11/h1-2,7-10H,3-6H2. The van der Waals surface area contributed by atoms with Crippen molar-refractivity contribution in [3.05, 3.63) is 63.6 Å². The Bertz CT molecular complexity index is 973. The van der Waals surface area contributed by atoms with Crippen molar-refractivity contribution in [2.45, 2.75) is 4.90 Å². The van der Waals surface area contributed by atoms with Crippen LogP contribution in [0.1, 0.15) is 10.4 Å². The first-order valence-electron chi connectivity index (χ1n) is 7.89. The number of benzene rings is 2. The van der Waals surface area contributed by atoms with Gasteiger partial charge in [0.05, 0.1) is 14.9 Å². The molecule has 144 valence electrons. The molecule has 2 aromatic rings. The number of carbonyl (C=O) groups excluding carboxylic acids is 1. The first-order chi connectivity index (χ1) is 12.7. The minimum atomic E-state index is -3.80. The fourth-order valence-electron chi connectivity index (χ4n) is 2.78. The molecule has 27 heavy (non-hydrogen) atoms. The van der Waals surface area contributed by atoms with E-state index in [2.05, 4.69) is 0 Å². The predicted molar refractivity (Wildman–Crippen MR) is 97.5 cm³/mol. The predicted octanol–water partition coefficient (Wildman–Crippen LogP) is 3.42. The van der Waals surface area contributed by atoms with E-state index >= 15 is 0 Å². The maximum absolute atomic E-state index is 13.3. The van der Waals surface area contributed by atoms with Crippen molar-refractivity contribution in [2.75, 3.05) is 26.2 Å². The molecule has 0 aromatic heterocycles. The number of nitrogens with zero attached hydrogens (tertiary/aromatic N) is 2. The van der Waals surface area contributed by atoms with Crippen molar-refractivity contribution < 1.29 is 22.0 Å². The number of sulfonamides is 1. The molecule has 5 nitrogen and oxygen atoms in total. The van der Waals surface area contributed by atoms with E-state index < -0.39 is 27.6 Å². The lowest BCUT2D eigenvalue weighted by molar-refractivity contribution is 0.0697. The quantitative estimate of drug-likeness (QED) is 0.743. The summed E-state index contributed by atoms with van der Waals surface area (Å²) in [6, 6.07) is 6.60. The lowest BCUT2D eigenvalue weighted by atomic mass is 10.1. The molecule has 0 bridgehead atoms. The third-order valence-electron chi connectivity index (χ3n) is 4.16. The fourth-order valence-corrected chi connectivity index (χ4v) is 4.59. The van der Waals surface area contributed by atoms with E-state index in [0.717, 1.165) is 12.1 Å². The Kier molecular flexibility index (Phi) is 5.71. The fraction of sp³-hybridized carbons (Fsp3) is 0.235. The third-order valence-corrected chi connectivity index (χ3v) is 6.80. The van der Waals surface area contributed by atoms with Crippen molar-refractivity contribution in [1.29, 1.82) is 0 Å². The summed E-state index contributed by atoms with van der Waals surface area (Å²) >= 11 is 11.7. The van der Waals surface area contributed by atoms with Crippen molar-refractivity contribution in [3.63, 3.8) is 0 Å². The summed E-state index contributed by atoms with van der Waals surface area (Å²) in [6.07, 6.45) is 0. The Morgan fingerprint density at radius 2 is 1.48 bits per heavy atom. The molecular formula is C17H14Cl2F2N2O3S. The SMILES string of the molecule is O=C(c1cc(F)cc(F)c1)N1CCN(S(=O)(=O)c2ccc(Cl)c(Cl)c2)CC1. The highest BCUT2D eigenvalue weighted by atomic mass is 35.5. The van der Waals surface area contributed by atoms with Gasteiger partial charge in [-0.2, -0.15) is 4.31 Å². The molecule has 3 rings (SSSR count). The van der Waals surface area contributed by atoms with Gasteiger partial charge >= 0.3 is 0 Å². The lowest BCUT2D eigenvalue weighted by Gasteiger charge is -2.34. The maximum Gasteiger partial charge on any atom is 0.254 e. The summed E-state index contributed by atoms with van der Waals surface area (Å²) in [5.74, 6) is -2.25. The highest BCUT2D eigenvalue weighted by Crippen LogP contribution is 2.27. The molecule has 0 saturated carbocycles. The van der Waals surface area contributed by atoms with Gasteiger partial charge in [0.2, 0.25) is 10.0 Å².